The molecule has 1 aliphatic carbocycles. The van der Waals surface area contributed by atoms with Gasteiger partial charge in [0.1, 0.15) is 0 Å². The van der Waals surface area contributed by atoms with Crippen molar-refractivity contribution in [3.63, 3.8) is 0 Å². The van der Waals surface area contributed by atoms with Crippen molar-refractivity contribution in [2.75, 3.05) is 9.80 Å². The van der Waals surface area contributed by atoms with Crippen LogP contribution in [-0.4, -0.2) is 6.71 Å². The quantitative estimate of drug-likeness (QED) is 0.200. The molecule has 8 rings (SSSR count). The largest absolute Gasteiger partial charge is 0.311 e. The minimum Gasteiger partial charge on any atom is -0.311 e. The third kappa shape index (κ3) is 3.77. The summed E-state index contributed by atoms with van der Waals surface area (Å²) in [7, 11) is 0. The molecule has 0 saturated carbocycles. The van der Waals surface area contributed by atoms with Crippen LogP contribution in [0, 0.1) is 6.92 Å². The van der Waals surface area contributed by atoms with Crippen molar-refractivity contribution in [2.45, 2.75) is 58.8 Å². The molecule has 0 saturated heterocycles. The second-order valence-electron chi connectivity index (χ2n) is 12.9. The Hall–Kier alpha value is -3.76. The maximum Gasteiger partial charge on any atom is 0.264 e. The van der Waals surface area contributed by atoms with E-state index in [9.17, 15) is 0 Å². The van der Waals surface area contributed by atoms with Gasteiger partial charge in [0, 0.05) is 38.1 Å². The normalized spacial score (nSPS) is 15.3. The third-order valence-corrected chi connectivity index (χ3v) is 10.5. The van der Waals surface area contributed by atoms with Crippen molar-refractivity contribution < 1.29 is 0 Å². The summed E-state index contributed by atoms with van der Waals surface area (Å²) >= 11 is 2.08. The lowest BCUT2D eigenvalue weighted by Gasteiger charge is -2.43. The fourth-order valence-corrected chi connectivity index (χ4v) is 8.79. The lowest BCUT2D eigenvalue weighted by molar-refractivity contribution is 0.590. The topological polar surface area (TPSA) is 6.48 Å². The van der Waals surface area contributed by atoms with Crippen LogP contribution in [-0.2, 0) is 18.3 Å². The highest BCUT2D eigenvalue weighted by molar-refractivity contribution is 7.29. The number of benzene rings is 4. The molecule has 2 aliphatic heterocycles. The van der Waals surface area contributed by atoms with E-state index in [1.807, 2.05) is 0 Å². The molecule has 0 N–H and O–H groups in total. The Kier molecular flexibility index (Phi) is 5.56. The van der Waals surface area contributed by atoms with E-state index < -0.39 is 0 Å². The summed E-state index contributed by atoms with van der Waals surface area (Å²) < 4.78 is 1.52. The number of hydrogen-bond donors (Lipinski definition) is 0. The molecule has 1 aromatic heterocycles. The summed E-state index contributed by atoms with van der Waals surface area (Å²) in [5.41, 5.74) is 15.1. The number of hydrogen-bond acceptors (Lipinski definition) is 3. The monoisotopic (exact) mass is 550 g/mol. The van der Waals surface area contributed by atoms with E-state index in [2.05, 4.69) is 140 Å². The minimum atomic E-state index is 0.122. The molecule has 3 aliphatic rings. The zero-order valence-electron chi connectivity index (χ0n) is 24.4. The van der Waals surface area contributed by atoms with E-state index in [0.717, 1.165) is 0 Å². The first-order valence-electron chi connectivity index (χ1n) is 15.0. The molecule has 0 fully saturated rings. The van der Waals surface area contributed by atoms with Gasteiger partial charge in [-0.15, -0.1) is 0 Å². The predicted octanol–water partition coefficient (Wildman–Crippen LogP) is 8.32. The maximum absolute atomic E-state index is 2.60. The number of para-hydroxylation sites is 2. The molecular formula is C37H35BN2S. The van der Waals surface area contributed by atoms with Crippen molar-refractivity contribution in [1.29, 1.82) is 0 Å². The van der Waals surface area contributed by atoms with Crippen molar-refractivity contribution in [3.05, 3.63) is 113 Å². The Morgan fingerprint density at radius 1 is 0.707 bits per heavy atom. The Balaban J connectivity index is 1.43. The number of nitrogens with zero attached hydrogens (tertiary/aromatic N) is 2. The van der Waals surface area contributed by atoms with Crippen molar-refractivity contribution in [2.24, 2.45) is 0 Å². The first kappa shape index (κ1) is 25.0. The zero-order chi connectivity index (χ0) is 27.9. The molecule has 41 heavy (non-hydrogen) atoms. The molecule has 0 spiro atoms. The van der Waals surface area contributed by atoms with Crippen LogP contribution < -0.4 is 25.5 Å². The fourth-order valence-electron chi connectivity index (χ4n) is 7.28. The first-order chi connectivity index (χ1) is 19.9. The Morgan fingerprint density at radius 3 is 2.12 bits per heavy atom. The Labute approximate surface area is 248 Å². The standard InChI is InChI=1S/C37H35BN2S/c1-24-22-31-34-32(23-24)40(26-12-6-5-7-13-26)35-28-14-8-11-17-33(28)41-36(35)38(34)29-15-9-10-16-30(29)39(31)27-20-18-25(19-21-27)37(2,3)4/h5-7,9-10,12-13,15-16,18-23H,8,11,14,17H2,1-4H3. The van der Waals surface area contributed by atoms with E-state index in [0.29, 0.717) is 0 Å². The Morgan fingerprint density at radius 2 is 1.37 bits per heavy atom. The molecule has 5 aromatic rings. The van der Waals surface area contributed by atoms with Crippen LogP contribution in [0.5, 0.6) is 0 Å². The van der Waals surface area contributed by atoms with Crippen LogP contribution in [0.2, 0.25) is 0 Å². The summed E-state index contributed by atoms with van der Waals surface area (Å²) in [5.74, 6) is 0. The van der Waals surface area contributed by atoms with E-state index in [1.165, 1.54) is 86.6 Å². The number of rotatable bonds is 2. The summed E-state index contributed by atoms with van der Waals surface area (Å²) in [4.78, 5) is 6.73. The summed E-state index contributed by atoms with van der Waals surface area (Å²) in [6.45, 7) is 9.37. The molecule has 3 heterocycles. The molecule has 4 heteroatoms. The second-order valence-corrected chi connectivity index (χ2v) is 14.1. The van der Waals surface area contributed by atoms with E-state index >= 15 is 0 Å². The highest BCUT2D eigenvalue weighted by Gasteiger charge is 2.46. The number of thiophene rings is 1. The summed E-state index contributed by atoms with van der Waals surface area (Å²) in [6.07, 6.45) is 4.97. The highest BCUT2D eigenvalue weighted by Crippen LogP contribution is 2.48. The first-order valence-corrected chi connectivity index (χ1v) is 15.9. The average Bonchev–Trinajstić information content (AvgIpc) is 3.36. The van der Waals surface area contributed by atoms with Gasteiger partial charge in [0.2, 0.25) is 0 Å². The maximum atomic E-state index is 2.60. The molecular weight excluding hydrogens is 515 g/mol. The summed E-state index contributed by atoms with van der Waals surface area (Å²) in [5, 5.41) is 0. The van der Waals surface area contributed by atoms with Crippen molar-refractivity contribution in [1.82, 2.24) is 0 Å². The van der Waals surface area contributed by atoms with Crippen LogP contribution >= 0.6 is 11.3 Å². The van der Waals surface area contributed by atoms with Crippen molar-refractivity contribution in [3.8, 4) is 0 Å². The van der Waals surface area contributed by atoms with Gasteiger partial charge in [-0.25, -0.2) is 0 Å². The van der Waals surface area contributed by atoms with Gasteiger partial charge < -0.3 is 9.80 Å². The number of aryl methyl sites for hydroxylation is 2. The van der Waals surface area contributed by atoms with Crippen LogP contribution in [0.15, 0.2) is 91.0 Å². The van der Waals surface area contributed by atoms with Gasteiger partial charge >= 0.3 is 0 Å². The van der Waals surface area contributed by atoms with E-state index in [4.69, 9.17) is 0 Å². The SMILES string of the molecule is Cc1cc2c3c(c1)N(c1ccccc1)c1c(sc4c1CCCC4)B3c1ccccc1N2c1ccc(C(C)(C)C)cc1. The number of fused-ring (bicyclic) bond motifs is 6. The van der Waals surface area contributed by atoms with Crippen LogP contribution in [0.1, 0.15) is 55.2 Å². The third-order valence-electron chi connectivity index (χ3n) is 9.20. The average molecular weight is 551 g/mol. The minimum absolute atomic E-state index is 0.122. The van der Waals surface area contributed by atoms with Gasteiger partial charge in [-0.05, 0) is 108 Å². The summed E-state index contributed by atoms with van der Waals surface area (Å²) in [6, 6.07) is 34.3. The molecule has 2 nitrogen and oxygen atoms in total. The predicted molar refractivity (Wildman–Crippen MR) is 178 cm³/mol. The van der Waals surface area contributed by atoms with E-state index in [-0.39, 0.29) is 12.1 Å². The molecule has 0 atom stereocenters. The van der Waals surface area contributed by atoms with Gasteiger partial charge in [-0.3, -0.25) is 0 Å². The molecule has 0 radical (unpaired) electrons. The smallest absolute Gasteiger partial charge is 0.264 e. The fraction of sp³-hybridized carbons (Fsp3) is 0.243. The highest BCUT2D eigenvalue weighted by atomic mass is 32.1. The van der Waals surface area contributed by atoms with Gasteiger partial charge in [0.15, 0.2) is 0 Å². The molecule has 4 aromatic carbocycles. The van der Waals surface area contributed by atoms with E-state index in [1.54, 1.807) is 10.4 Å². The van der Waals surface area contributed by atoms with Gasteiger partial charge in [0.25, 0.3) is 6.71 Å². The molecule has 0 amide bonds. The van der Waals surface area contributed by atoms with Gasteiger partial charge in [0.05, 0.1) is 5.69 Å². The molecule has 0 bridgehead atoms. The Bertz CT molecular complexity index is 1800. The molecule has 202 valence electrons. The van der Waals surface area contributed by atoms with Crippen LogP contribution in [0.4, 0.5) is 34.1 Å². The lowest BCUT2D eigenvalue weighted by atomic mass is 9.36. The van der Waals surface area contributed by atoms with Gasteiger partial charge in [-0.2, -0.15) is 11.3 Å². The molecule has 0 unspecified atom stereocenters. The van der Waals surface area contributed by atoms with Crippen molar-refractivity contribution >= 4 is 67.9 Å². The van der Waals surface area contributed by atoms with Gasteiger partial charge in [-0.1, -0.05) is 69.3 Å². The number of anilines is 6. The second kappa shape index (κ2) is 9.12. The zero-order valence-corrected chi connectivity index (χ0v) is 25.2. The van der Waals surface area contributed by atoms with Crippen LogP contribution in [0.3, 0.4) is 0 Å². The lowest BCUT2D eigenvalue weighted by Crippen LogP contribution is -2.60. The van der Waals surface area contributed by atoms with Crippen LogP contribution in [0.25, 0.3) is 0 Å².